The summed E-state index contributed by atoms with van der Waals surface area (Å²) in [5, 5.41) is 13.3. The van der Waals surface area contributed by atoms with Gasteiger partial charge in [-0.1, -0.05) is 18.2 Å². The smallest absolute Gasteiger partial charge is 0.459 e. The lowest BCUT2D eigenvalue weighted by molar-refractivity contribution is -0.202. The molecule has 0 spiro atoms. The highest BCUT2D eigenvalue weighted by Crippen LogP contribution is 2.52. The summed E-state index contributed by atoms with van der Waals surface area (Å²) in [6.07, 6.45) is -1.36. The van der Waals surface area contributed by atoms with E-state index in [9.17, 15) is 14.5 Å². The van der Waals surface area contributed by atoms with Gasteiger partial charge in [0.05, 0.1) is 12.4 Å². The molecule has 0 bridgehead atoms. The molecule has 1 unspecified atom stereocenters. The predicted molar refractivity (Wildman–Crippen MR) is 155 cm³/mol. The Morgan fingerprint density at radius 2 is 1.89 bits per heavy atom. The molecule has 2 saturated heterocycles. The molecule has 2 aliphatic rings. The third-order valence-electron chi connectivity index (χ3n) is 7.36. The summed E-state index contributed by atoms with van der Waals surface area (Å²) in [7, 11) is -4.55. The second kappa shape index (κ2) is 12.3. The summed E-state index contributed by atoms with van der Waals surface area (Å²) in [4.78, 5) is 27.8. The standard InChI is InChI=1S/C28H37F2N6O7P/c1-17(2)41-24(37)18(3)34-44(39,43-20-11-7-6-8-12-20)40-15-28(30)25(38)27(5,29)26(42-28)36-16-31-21-22(35-13-9-10-14-35)32-19(4)33-23(21)36/h6-8,11-12,16-18,25-26,38H,9-10,13-15H2,1-5H3,(H,34,39)/t18-,25-,26+,27+,28+,44?/m0/s1. The fraction of sp³-hybridized carbons (Fsp3) is 0.571. The van der Waals surface area contributed by atoms with Crippen LogP contribution in [0.25, 0.3) is 11.2 Å². The Hall–Kier alpha value is -3.23. The van der Waals surface area contributed by atoms with Crippen molar-refractivity contribution in [2.45, 2.75) is 83.5 Å². The number of aromatic nitrogens is 4. The van der Waals surface area contributed by atoms with E-state index in [-0.39, 0.29) is 11.4 Å². The largest absolute Gasteiger partial charge is 0.462 e. The fourth-order valence-electron chi connectivity index (χ4n) is 5.20. The molecule has 5 rings (SSSR count). The van der Waals surface area contributed by atoms with Gasteiger partial charge in [-0.25, -0.2) is 28.3 Å². The molecule has 2 aromatic heterocycles. The average Bonchev–Trinajstić information content (AvgIpc) is 3.68. The van der Waals surface area contributed by atoms with E-state index >= 15 is 8.78 Å². The van der Waals surface area contributed by atoms with Crippen LogP contribution in [0.5, 0.6) is 5.75 Å². The SMILES string of the molecule is Cc1nc(N2CCCC2)c2ncn([C@@H]3O[C@](F)(COP(=O)(N[C@@H](C)C(=O)OC(C)C)Oc4ccccc4)[C@@H](O)[C@@]3(C)F)c2n1. The number of imidazole rings is 1. The molecule has 240 valence electrons. The Kier molecular flexibility index (Phi) is 8.98. The van der Waals surface area contributed by atoms with Gasteiger partial charge >= 0.3 is 13.7 Å². The van der Waals surface area contributed by atoms with E-state index in [1.54, 1.807) is 39.0 Å². The van der Waals surface area contributed by atoms with E-state index in [2.05, 4.69) is 24.9 Å². The van der Waals surface area contributed by atoms with Crippen molar-refractivity contribution in [2.75, 3.05) is 24.6 Å². The van der Waals surface area contributed by atoms with Gasteiger partial charge < -0.3 is 24.0 Å². The van der Waals surface area contributed by atoms with Crippen molar-refractivity contribution in [2.24, 2.45) is 0 Å². The Bertz CT molecular complexity index is 1540. The van der Waals surface area contributed by atoms with E-state index in [0.29, 0.717) is 17.2 Å². The van der Waals surface area contributed by atoms with E-state index in [0.717, 1.165) is 32.9 Å². The second-order valence-corrected chi connectivity index (χ2v) is 13.1. The number of para-hydroxylation sites is 1. The van der Waals surface area contributed by atoms with Crippen LogP contribution in [0.15, 0.2) is 36.7 Å². The number of carbonyl (C=O) groups excluding carboxylic acids is 1. The van der Waals surface area contributed by atoms with E-state index in [4.69, 9.17) is 18.5 Å². The number of hydrogen-bond donors (Lipinski definition) is 2. The normalized spacial score (nSPS) is 27.5. The summed E-state index contributed by atoms with van der Waals surface area (Å²) in [6, 6.07) is 6.63. The zero-order chi connectivity index (χ0) is 31.9. The molecule has 4 heterocycles. The highest BCUT2D eigenvalue weighted by molar-refractivity contribution is 7.52. The van der Waals surface area contributed by atoms with Crippen LogP contribution in [-0.4, -0.2) is 80.1 Å². The highest BCUT2D eigenvalue weighted by atomic mass is 31.2. The van der Waals surface area contributed by atoms with Crippen molar-refractivity contribution in [3.8, 4) is 5.75 Å². The number of nitrogens with one attached hydrogen (secondary N) is 1. The van der Waals surface area contributed by atoms with Gasteiger partial charge in [0, 0.05) is 13.1 Å². The molecule has 0 aliphatic carbocycles. The van der Waals surface area contributed by atoms with Gasteiger partial charge in [0.2, 0.25) is 0 Å². The third-order valence-corrected chi connectivity index (χ3v) is 8.99. The number of ether oxygens (including phenoxy) is 2. The number of esters is 1. The maximum atomic E-state index is 16.4. The summed E-state index contributed by atoms with van der Waals surface area (Å²) >= 11 is 0. The number of aryl methyl sites for hydroxylation is 1. The monoisotopic (exact) mass is 638 g/mol. The van der Waals surface area contributed by atoms with E-state index in [1.807, 2.05) is 0 Å². The lowest BCUT2D eigenvalue weighted by Gasteiger charge is -2.28. The van der Waals surface area contributed by atoms with Crippen molar-refractivity contribution in [3.63, 3.8) is 0 Å². The molecular formula is C28H37F2N6O7P. The number of nitrogens with zero attached hydrogens (tertiary/aromatic N) is 5. The van der Waals surface area contributed by atoms with Crippen molar-refractivity contribution in [1.82, 2.24) is 24.6 Å². The molecule has 0 amide bonds. The van der Waals surface area contributed by atoms with Crippen molar-refractivity contribution in [3.05, 3.63) is 42.5 Å². The number of halogens is 2. The molecule has 2 N–H and O–H groups in total. The summed E-state index contributed by atoms with van der Waals surface area (Å²) in [6.45, 7) is 7.62. The number of aliphatic hydroxyl groups is 1. The average molecular weight is 639 g/mol. The molecule has 1 aromatic carbocycles. The van der Waals surface area contributed by atoms with Gasteiger partial charge in [-0.05, 0) is 59.6 Å². The van der Waals surface area contributed by atoms with Crippen LogP contribution in [0.4, 0.5) is 14.6 Å². The lowest BCUT2D eigenvalue weighted by Crippen LogP contribution is -2.47. The Labute approximate surface area is 253 Å². The van der Waals surface area contributed by atoms with E-state index < -0.39 is 56.3 Å². The van der Waals surface area contributed by atoms with Crippen LogP contribution in [0.1, 0.15) is 52.6 Å². The first-order valence-electron chi connectivity index (χ1n) is 14.4. The molecule has 13 nitrogen and oxygen atoms in total. The van der Waals surface area contributed by atoms with Crippen LogP contribution in [0.3, 0.4) is 0 Å². The minimum Gasteiger partial charge on any atom is -0.462 e. The molecule has 6 atom stereocenters. The van der Waals surface area contributed by atoms with Gasteiger partial charge in [0.1, 0.15) is 24.2 Å². The Morgan fingerprint density at radius 1 is 1.20 bits per heavy atom. The van der Waals surface area contributed by atoms with Gasteiger partial charge in [-0.3, -0.25) is 13.9 Å². The number of rotatable bonds is 11. The highest BCUT2D eigenvalue weighted by Gasteiger charge is 2.65. The first kappa shape index (κ1) is 32.2. The quantitative estimate of drug-likeness (QED) is 0.229. The second-order valence-electron chi connectivity index (χ2n) is 11.4. The van der Waals surface area contributed by atoms with Gasteiger partial charge in [0.25, 0.3) is 5.85 Å². The first-order valence-corrected chi connectivity index (χ1v) is 15.9. The van der Waals surface area contributed by atoms with E-state index in [1.165, 1.54) is 30.0 Å². The summed E-state index contributed by atoms with van der Waals surface area (Å²) in [5.74, 6) is -2.92. The zero-order valence-electron chi connectivity index (χ0n) is 25.1. The van der Waals surface area contributed by atoms with Crippen molar-refractivity contribution >= 4 is 30.7 Å². The van der Waals surface area contributed by atoms with Crippen molar-refractivity contribution in [1.29, 1.82) is 0 Å². The number of anilines is 1. The summed E-state index contributed by atoms with van der Waals surface area (Å²) in [5.41, 5.74) is -2.14. The number of carbonyl (C=O) groups is 1. The molecular weight excluding hydrogens is 601 g/mol. The minimum absolute atomic E-state index is 0.0792. The first-order chi connectivity index (χ1) is 20.7. The van der Waals surface area contributed by atoms with Gasteiger partial charge in [-0.2, -0.15) is 5.09 Å². The predicted octanol–water partition coefficient (Wildman–Crippen LogP) is 4.15. The van der Waals surface area contributed by atoms with Crippen LogP contribution in [-0.2, 0) is 23.4 Å². The van der Waals surface area contributed by atoms with Gasteiger partial charge in [-0.15, -0.1) is 0 Å². The number of hydrogen-bond acceptors (Lipinski definition) is 11. The summed E-state index contributed by atoms with van der Waals surface area (Å²) < 4.78 is 69.2. The topological polar surface area (TPSA) is 150 Å². The molecule has 2 fully saturated rings. The van der Waals surface area contributed by atoms with Crippen LogP contribution >= 0.6 is 7.75 Å². The maximum absolute atomic E-state index is 16.4. The van der Waals surface area contributed by atoms with Crippen LogP contribution in [0, 0.1) is 6.92 Å². The Morgan fingerprint density at radius 3 is 2.55 bits per heavy atom. The number of alkyl halides is 2. The molecule has 2 aliphatic heterocycles. The molecule has 44 heavy (non-hydrogen) atoms. The van der Waals surface area contributed by atoms with Crippen LogP contribution in [0.2, 0.25) is 0 Å². The van der Waals surface area contributed by atoms with Gasteiger partial charge in [0.15, 0.2) is 35.0 Å². The molecule has 3 aromatic rings. The van der Waals surface area contributed by atoms with Crippen molar-refractivity contribution < 1.29 is 41.8 Å². The van der Waals surface area contributed by atoms with Crippen LogP contribution < -0.4 is 14.5 Å². The zero-order valence-corrected chi connectivity index (χ0v) is 26.0. The lowest BCUT2D eigenvalue weighted by atomic mass is 9.97. The minimum atomic E-state index is -4.55. The number of fused-ring (bicyclic) bond motifs is 1. The number of aliphatic hydroxyl groups excluding tert-OH is 1. The molecule has 0 saturated carbocycles. The maximum Gasteiger partial charge on any atom is 0.459 e. The molecule has 16 heteroatoms. The third kappa shape index (κ3) is 6.43. The number of benzene rings is 1. The molecule has 0 radical (unpaired) electrons. The fourth-order valence-corrected chi connectivity index (χ4v) is 6.70. The Balaban J connectivity index is 1.41.